The van der Waals surface area contributed by atoms with Crippen molar-refractivity contribution in [3.05, 3.63) is 94.4 Å². The standard InChI is InChI=1S/C25H22F5N5O3S/c1-16-12-34(15-32-16)22-8-5-19(10-24(22)38-2)33-21-9-17(11-31)13-35(25(21)37)23(14-36)18-3-6-20(7-4-18)39(26,27,28,29)30/h3-10,12-13,15,23,33,36H,14H2,1-2H3/t23-/m0/s1. The number of halogens is 5. The Hall–Kier alpha value is -4.35. The first-order chi connectivity index (χ1) is 18.1. The fraction of sp³-hybridized carbons (Fsp3) is 0.160. The molecule has 2 N–H and O–H groups in total. The highest BCUT2D eigenvalue weighted by Gasteiger charge is 2.65. The minimum Gasteiger partial charge on any atom is -0.494 e. The van der Waals surface area contributed by atoms with E-state index in [9.17, 15) is 34.6 Å². The average molecular weight is 568 g/mol. The summed E-state index contributed by atoms with van der Waals surface area (Å²) in [6.45, 7) is 1.06. The quantitative estimate of drug-likeness (QED) is 0.246. The van der Waals surface area contributed by atoms with Crippen LogP contribution in [0.4, 0.5) is 30.8 Å². The van der Waals surface area contributed by atoms with Gasteiger partial charge in [0.1, 0.15) is 22.4 Å². The van der Waals surface area contributed by atoms with Crippen LogP contribution in [0.25, 0.3) is 5.69 Å². The van der Waals surface area contributed by atoms with Crippen LogP contribution in [0.3, 0.4) is 0 Å². The maximum atomic E-state index is 13.3. The van der Waals surface area contributed by atoms with Crippen molar-refractivity contribution in [1.82, 2.24) is 14.1 Å². The maximum Gasteiger partial charge on any atom is 0.310 e. The predicted octanol–water partition coefficient (Wildman–Crippen LogP) is 6.21. The van der Waals surface area contributed by atoms with Crippen molar-refractivity contribution in [3.63, 3.8) is 0 Å². The van der Waals surface area contributed by atoms with Crippen molar-refractivity contribution in [2.24, 2.45) is 0 Å². The highest BCUT2D eigenvalue weighted by molar-refractivity contribution is 8.45. The van der Waals surface area contributed by atoms with Crippen LogP contribution in [-0.2, 0) is 0 Å². The Kier molecular flexibility index (Phi) is 6.49. The molecule has 4 aromatic rings. The second kappa shape index (κ2) is 9.14. The molecule has 2 aromatic carbocycles. The van der Waals surface area contributed by atoms with E-state index in [1.807, 2.05) is 13.0 Å². The van der Waals surface area contributed by atoms with E-state index in [1.165, 1.54) is 13.2 Å². The van der Waals surface area contributed by atoms with E-state index in [1.54, 1.807) is 35.3 Å². The van der Waals surface area contributed by atoms with Crippen LogP contribution in [0.2, 0.25) is 0 Å². The molecule has 206 valence electrons. The first kappa shape index (κ1) is 27.7. The SMILES string of the molecule is COc1cc(Nc2cc(C#N)cn([C@@H](CO)c3ccc(S(F)(F)(F)(F)F)cc3)c2=O)ccc1-n1cnc(C)c1. The molecule has 4 rings (SSSR count). The summed E-state index contributed by atoms with van der Waals surface area (Å²) in [5, 5.41) is 22.4. The van der Waals surface area contributed by atoms with Crippen LogP contribution >= 0.6 is 10.2 Å². The highest BCUT2D eigenvalue weighted by Crippen LogP contribution is 3.02. The van der Waals surface area contributed by atoms with E-state index in [-0.39, 0.29) is 28.9 Å². The Morgan fingerprint density at radius 1 is 1.10 bits per heavy atom. The molecule has 2 heterocycles. The normalized spacial score (nSPS) is 14.1. The maximum absolute atomic E-state index is 13.3. The number of ether oxygens (including phenoxy) is 1. The molecule has 0 amide bonds. The van der Waals surface area contributed by atoms with Gasteiger partial charge in [0.2, 0.25) is 0 Å². The minimum absolute atomic E-state index is 0.00310. The number of benzene rings is 2. The number of aliphatic hydroxyl groups is 1. The number of hydrogen-bond acceptors (Lipinski definition) is 6. The Morgan fingerprint density at radius 2 is 1.79 bits per heavy atom. The molecule has 0 unspecified atom stereocenters. The molecule has 0 aliphatic heterocycles. The predicted molar refractivity (Wildman–Crippen MR) is 137 cm³/mol. The number of aryl methyl sites for hydroxylation is 1. The largest absolute Gasteiger partial charge is 0.494 e. The molecule has 14 heteroatoms. The Bertz CT molecular complexity index is 1650. The van der Waals surface area contributed by atoms with Gasteiger partial charge in [0.15, 0.2) is 0 Å². The van der Waals surface area contributed by atoms with Gasteiger partial charge in [0.25, 0.3) is 5.56 Å². The third kappa shape index (κ3) is 5.89. The molecule has 0 saturated carbocycles. The van der Waals surface area contributed by atoms with E-state index in [0.717, 1.165) is 28.6 Å². The molecule has 2 aromatic heterocycles. The lowest BCUT2D eigenvalue weighted by atomic mass is 10.1. The number of pyridine rings is 1. The highest BCUT2D eigenvalue weighted by atomic mass is 32.5. The molecular weight excluding hydrogens is 545 g/mol. The molecule has 39 heavy (non-hydrogen) atoms. The second-order valence-corrected chi connectivity index (χ2v) is 11.0. The number of imidazole rings is 1. The number of aromatic nitrogens is 3. The second-order valence-electron chi connectivity index (χ2n) is 8.64. The van der Waals surface area contributed by atoms with Gasteiger partial charge < -0.3 is 24.3 Å². The van der Waals surface area contributed by atoms with Gasteiger partial charge in [0, 0.05) is 24.1 Å². The van der Waals surface area contributed by atoms with Crippen molar-refractivity contribution < 1.29 is 29.3 Å². The number of nitrogens with zero attached hydrogens (tertiary/aromatic N) is 4. The number of anilines is 2. The number of rotatable bonds is 8. The number of nitriles is 1. The summed E-state index contributed by atoms with van der Waals surface area (Å²) >= 11 is 0. The summed E-state index contributed by atoms with van der Waals surface area (Å²) in [6, 6.07) is 8.78. The molecule has 0 bridgehead atoms. The van der Waals surface area contributed by atoms with Gasteiger partial charge in [-0.2, -0.15) is 5.26 Å². The lowest BCUT2D eigenvalue weighted by molar-refractivity contribution is 0.247. The van der Waals surface area contributed by atoms with E-state index in [4.69, 9.17) is 4.74 Å². The summed E-state index contributed by atoms with van der Waals surface area (Å²) in [6.07, 6.45) is 4.52. The molecular formula is C25H22F5N5O3S. The van der Waals surface area contributed by atoms with Crippen LogP contribution in [0.15, 0.2) is 76.9 Å². The number of methoxy groups -OCH3 is 1. The minimum atomic E-state index is -9.91. The lowest BCUT2D eigenvalue weighted by Crippen LogP contribution is -2.29. The summed E-state index contributed by atoms with van der Waals surface area (Å²) in [7, 11) is -8.44. The Labute approximate surface area is 219 Å². The van der Waals surface area contributed by atoms with Crippen molar-refractivity contribution in [3.8, 4) is 17.5 Å². The topological polar surface area (TPSA) is 105 Å². The summed E-state index contributed by atoms with van der Waals surface area (Å²) < 4.78 is 73.8. The van der Waals surface area contributed by atoms with Crippen molar-refractivity contribution in [2.75, 3.05) is 19.0 Å². The van der Waals surface area contributed by atoms with E-state index in [0.29, 0.717) is 17.1 Å². The zero-order valence-electron chi connectivity index (χ0n) is 20.5. The molecule has 0 aliphatic carbocycles. The van der Waals surface area contributed by atoms with Crippen LogP contribution in [-0.4, -0.2) is 32.9 Å². The fourth-order valence-electron chi connectivity index (χ4n) is 3.96. The van der Waals surface area contributed by atoms with E-state index < -0.39 is 33.3 Å². The summed E-state index contributed by atoms with van der Waals surface area (Å²) in [5.41, 5.74) is 1.01. The fourth-order valence-corrected chi connectivity index (χ4v) is 4.61. The Morgan fingerprint density at radius 3 is 2.33 bits per heavy atom. The van der Waals surface area contributed by atoms with E-state index in [2.05, 4.69) is 10.3 Å². The molecule has 8 nitrogen and oxygen atoms in total. The average Bonchev–Trinajstić information content (AvgIpc) is 3.31. The Balaban J connectivity index is 1.73. The first-order valence-corrected chi connectivity index (χ1v) is 13.2. The van der Waals surface area contributed by atoms with Gasteiger partial charge in [-0.25, -0.2) is 4.98 Å². The monoisotopic (exact) mass is 567 g/mol. The smallest absolute Gasteiger partial charge is 0.310 e. The van der Waals surface area contributed by atoms with Crippen LogP contribution in [0, 0.1) is 18.3 Å². The zero-order chi connectivity index (χ0) is 28.7. The molecule has 1 atom stereocenters. The zero-order valence-corrected chi connectivity index (χ0v) is 21.3. The van der Waals surface area contributed by atoms with Gasteiger partial charge >= 0.3 is 10.2 Å². The molecule has 0 aliphatic rings. The molecule has 0 spiro atoms. The van der Waals surface area contributed by atoms with Crippen molar-refractivity contribution >= 4 is 21.6 Å². The molecule has 0 fully saturated rings. The van der Waals surface area contributed by atoms with Crippen molar-refractivity contribution in [1.29, 1.82) is 5.26 Å². The van der Waals surface area contributed by atoms with Gasteiger partial charge in [-0.05, 0) is 42.8 Å². The van der Waals surface area contributed by atoms with Gasteiger partial charge in [-0.15, -0.1) is 0 Å². The van der Waals surface area contributed by atoms with Gasteiger partial charge in [0.05, 0.1) is 43.0 Å². The van der Waals surface area contributed by atoms with Crippen LogP contribution in [0.5, 0.6) is 5.75 Å². The van der Waals surface area contributed by atoms with E-state index >= 15 is 0 Å². The van der Waals surface area contributed by atoms with Crippen molar-refractivity contribution in [2.45, 2.75) is 17.9 Å². The third-order valence-electron chi connectivity index (χ3n) is 5.84. The molecule has 0 radical (unpaired) electrons. The first-order valence-electron chi connectivity index (χ1n) is 11.2. The molecule has 0 saturated heterocycles. The number of aliphatic hydroxyl groups excluding tert-OH is 1. The number of nitrogens with one attached hydrogen (secondary N) is 1. The lowest BCUT2D eigenvalue weighted by Gasteiger charge is -2.40. The van der Waals surface area contributed by atoms with Crippen LogP contribution < -0.4 is 15.6 Å². The summed E-state index contributed by atoms with van der Waals surface area (Å²) in [5.74, 6) is 0.437. The third-order valence-corrected chi connectivity index (χ3v) is 7.00. The number of hydrogen-bond donors (Lipinski definition) is 2. The van der Waals surface area contributed by atoms with Gasteiger partial charge in [-0.1, -0.05) is 31.6 Å². The summed E-state index contributed by atoms with van der Waals surface area (Å²) in [4.78, 5) is 15.4. The van der Waals surface area contributed by atoms with Gasteiger partial charge in [-0.3, -0.25) is 4.79 Å². The van der Waals surface area contributed by atoms with Crippen LogP contribution in [0.1, 0.15) is 22.9 Å².